The molecular weight excluding hydrogens is 344 g/mol. The van der Waals surface area contributed by atoms with Gasteiger partial charge < -0.3 is 15.0 Å². The van der Waals surface area contributed by atoms with Crippen LogP contribution in [0.4, 0.5) is 11.4 Å². The van der Waals surface area contributed by atoms with Crippen LogP contribution in [-0.2, 0) is 25.5 Å². The molecule has 6 nitrogen and oxygen atoms in total. The van der Waals surface area contributed by atoms with E-state index in [1.54, 1.807) is 31.2 Å². The predicted octanol–water partition coefficient (Wildman–Crippen LogP) is 2.84. The second-order valence-electron chi connectivity index (χ2n) is 6.65. The number of nitrogens with zero attached hydrogens (tertiary/aromatic N) is 1. The Hall–Kier alpha value is -3.15. The number of hydrogen-bond acceptors (Lipinski definition) is 4. The molecule has 2 aromatic rings. The van der Waals surface area contributed by atoms with Gasteiger partial charge in [0.15, 0.2) is 6.61 Å². The van der Waals surface area contributed by atoms with E-state index in [1.165, 1.54) is 4.90 Å². The van der Waals surface area contributed by atoms with E-state index in [0.717, 1.165) is 11.1 Å². The summed E-state index contributed by atoms with van der Waals surface area (Å²) in [6.45, 7) is 3.36. The van der Waals surface area contributed by atoms with Crippen molar-refractivity contribution < 1.29 is 19.1 Å². The number of amides is 2. The second-order valence-corrected chi connectivity index (χ2v) is 6.65. The average molecular weight is 366 g/mol. The largest absolute Gasteiger partial charge is 0.455 e. The molecule has 1 aliphatic heterocycles. The minimum atomic E-state index is -0.456. The van der Waals surface area contributed by atoms with Crippen LogP contribution in [0.25, 0.3) is 0 Å². The molecule has 0 aromatic heterocycles. The number of fused-ring (bicyclic) bond motifs is 1. The van der Waals surface area contributed by atoms with Gasteiger partial charge in [-0.05, 0) is 37.1 Å². The summed E-state index contributed by atoms with van der Waals surface area (Å²) >= 11 is 0. The number of nitrogens with one attached hydrogen (secondary N) is 1. The molecule has 2 amide bonds. The van der Waals surface area contributed by atoms with Crippen LogP contribution < -0.4 is 10.2 Å². The molecule has 0 bridgehead atoms. The second kappa shape index (κ2) is 8.03. The third kappa shape index (κ3) is 4.34. The van der Waals surface area contributed by atoms with Crippen LogP contribution in [0.2, 0.25) is 0 Å². The van der Waals surface area contributed by atoms with E-state index in [-0.39, 0.29) is 37.3 Å². The third-order valence-electron chi connectivity index (χ3n) is 4.58. The lowest BCUT2D eigenvalue weighted by Crippen LogP contribution is -2.41. The first kappa shape index (κ1) is 18.6. The van der Waals surface area contributed by atoms with Crippen LogP contribution in [0.3, 0.4) is 0 Å². The topological polar surface area (TPSA) is 75.7 Å². The number of carbonyl (C=O) groups is 3. The van der Waals surface area contributed by atoms with E-state index in [1.807, 2.05) is 31.2 Å². The number of hydrogen-bond donors (Lipinski definition) is 1. The Balaban J connectivity index is 1.69. The zero-order chi connectivity index (χ0) is 19.4. The highest BCUT2D eigenvalue weighted by atomic mass is 16.5. The Labute approximate surface area is 158 Å². The summed E-state index contributed by atoms with van der Waals surface area (Å²) in [6.07, 6.45) is 0.295. The predicted molar refractivity (Wildman–Crippen MR) is 102 cm³/mol. The molecule has 27 heavy (non-hydrogen) atoms. The Morgan fingerprint density at radius 2 is 1.85 bits per heavy atom. The molecule has 0 aliphatic carbocycles. The lowest BCUT2D eigenvalue weighted by Gasteiger charge is -2.27. The highest BCUT2D eigenvalue weighted by molar-refractivity contribution is 6.05. The summed E-state index contributed by atoms with van der Waals surface area (Å²) in [5.41, 5.74) is 3.06. The normalized spacial score (nSPS) is 16.1. The van der Waals surface area contributed by atoms with Crippen LogP contribution in [0.1, 0.15) is 24.5 Å². The molecule has 6 heteroatoms. The molecule has 0 radical (unpaired) electrons. The van der Waals surface area contributed by atoms with E-state index in [0.29, 0.717) is 11.4 Å². The molecule has 1 atom stereocenters. The highest BCUT2D eigenvalue weighted by Crippen LogP contribution is 2.31. The van der Waals surface area contributed by atoms with Gasteiger partial charge in [0.25, 0.3) is 5.91 Å². The minimum absolute atomic E-state index is 0.117. The number of benzene rings is 2. The van der Waals surface area contributed by atoms with Crippen molar-refractivity contribution in [3.05, 3.63) is 59.7 Å². The van der Waals surface area contributed by atoms with Gasteiger partial charge in [-0.15, -0.1) is 0 Å². The van der Waals surface area contributed by atoms with Crippen LogP contribution in [0.15, 0.2) is 48.5 Å². The summed E-state index contributed by atoms with van der Waals surface area (Å²) in [5, 5.41) is 2.80. The van der Waals surface area contributed by atoms with Crippen molar-refractivity contribution in [1.29, 1.82) is 0 Å². The van der Waals surface area contributed by atoms with Crippen molar-refractivity contribution in [2.24, 2.45) is 0 Å². The lowest BCUT2D eigenvalue weighted by molar-refractivity contribution is -0.147. The zero-order valence-electron chi connectivity index (χ0n) is 15.4. The van der Waals surface area contributed by atoms with Gasteiger partial charge in [-0.3, -0.25) is 14.4 Å². The van der Waals surface area contributed by atoms with Gasteiger partial charge >= 0.3 is 5.97 Å². The number of aryl methyl sites for hydroxylation is 1. The van der Waals surface area contributed by atoms with Crippen LogP contribution in [0, 0.1) is 6.92 Å². The number of para-hydroxylation sites is 2. The van der Waals surface area contributed by atoms with Gasteiger partial charge in [0.05, 0.1) is 17.8 Å². The molecule has 2 aromatic carbocycles. The summed E-state index contributed by atoms with van der Waals surface area (Å²) in [7, 11) is 0. The fourth-order valence-electron chi connectivity index (χ4n) is 3.19. The van der Waals surface area contributed by atoms with Crippen LogP contribution in [-0.4, -0.2) is 30.4 Å². The van der Waals surface area contributed by atoms with Crippen LogP contribution in [0.5, 0.6) is 0 Å². The Kier molecular flexibility index (Phi) is 5.54. The third-order valence-corrected chi connectivity index (χ3v) is 4.58. The number of rotatable bonds is 4. The number of anilines is 2. The van der Waals surface area contributed by atoms with E-state index >= 15 is 0 Å². The summed E-state index contributed by atoms with van der Waals surface area (Å²) in [6, 6.07) is 14.3. The number of esters is 1. The lowest BCUT2D eigenvalue weighted by atomic mass is 10.1. The standard InChI is InChI=1S/C21H22N2O4/c1-14-7-3-4-8-16(14)12-21(26)27-13-20(25)23-15(2)11-19(24)22-17-9-5-6-10-18(17)23/h3-10,15H,11-13H2,1-2H3,(H,22,24)/t15-/m1/s1. The molecule has 1 aliphatic rings. The molecule has 3 rings (SSSR count). The summed E-state index contributed by atoms with van der Waals surface area (Å²) in [4.78, 5) is 38.4. The van der Waals surface area contributed by atoms with Gasteiger partial charge in [0, 0.05) is 12.5 Å². The van der Waals surface area contributed by atoms with Crippen molar-refractivity contribution in [3.8, 4) is 0 Å². The molecule has 0 saturated carbocycles. The van der Waals surface area contributed by atoms with Crippen LogP contribution >= 0.6 is 0 Å². The highest BCUT2D eigenvalue weighted by Gasteiger charge is 2.30. The van der Waals surface area contributed by atoms with E-state index in [4.69, 9.17) is 4.74 Å². The maximum atomic E-state index is 12.8. The smallest absolute Gasteiger partial charge is 0.310 e. The molecule has 140 valence electrons. The molecule has 1 heterocycles. The molecule has 0 unspecified atom stereocenters. The maximum Gasteiger partial charge on any atom is 0.310 e. The quantitative estimate of drug-likeness (QED) is 0.845. The Morgan fingerprint density at radius 1 is 1.15 bits per heavy atom. The fraction of sp³-hybridized carbons (Fsp3) is 0.286. The Morgan fingerprint density at radius 3 is 2.63 bits per heavy atom. The van der Waals surface area contributed by atoms with Crippen molar-refractivity contribution in [1.82, 2.24) is 0 Å². The monoisotopic (exact) mass is 366 g/mol. The van der Waals surface area contributed by atoms with E-state index < -0.39 is 5.97 Å². The molecule has 0 fully saturated rings. The average Bonchev–Trinajstić information content (AvgIpc) is 2.76. The molecule has 0 spiro atoms. The van der Waals surface area contributed by atoms with Crippen molar-refractivity contribution in [2.75, 3.05) is 16.8 Å². The van der Waals surface area contributed by atoms with E-state index in [2.05, 4.69) is 5.32 Å². The van der Waals surface area contributed by atoms with Gasteiger partial charge in [-0.1, -0.05) is 36.4 Å². The number of carbonyl (C=O) groups excluding carboxylic acids is 3. The van der Waals surface area contributed by atoms with Crippen molar-refractivity contribution in [3.63, 3.8) is 0 Å². The Bertz CT molecular complexity index is 878. The summed E-state index contributed by atoms with van der Waals surface area (Å²) in [5.74, 6) is -0.964. The fourth-order valence-corrected chi connectivity index (χ4v) is 3.19. The zero-order valence-corrected chi connectivity index (χ0v) is 15.4. The SMILES string of the molecule is Cc1ccccc1CC(=O)OCC(=O)N1c2ccccc2NC(=O)C[C@H]1C. The molecule has 1 N–H and O–H groups in total. The van der Waals surface area contributed by atoms with Gasteiger partial charge in [0.2, 0.25) is 5.91 Å². The molecule has 0 saturated heterocycles. The number of ether oxygens (including phenoxy) is 1. The van der Waals surface area contributed by atoms with Crippen molar-refractivity contribution >= 4 is 29.2 Å². The minimum Gasteiger partial charge on any atom is -0.455 e. The van der Waals surface area contributed by atoms with E-state index in [9.17, 15) is 14.4 Å². The first-order chi connectivity index (χ1) is 13.0. The first-order valence-corrected chi connectivity index (χ1v) is 8.87. The van der Waals surface area contributed by atoms with Gasteiger partial charge in [-0.2, -0.15) is 0 Å². The maximum absolute atomic E-state index is 12.8. The van der Waals surface area contributed by atoms with Gasteiger partial charge in [-0.25, -0.2) is 0 Å². The van der Waals surface area contributed by atoms with Gasteiger partial charge in [0.1, 0.15) is 0 Å². The summed E-state index contributed by atoms with van der Waals surface area (Å²) < 4.78 is 5.21. The molecular formula is C21H22N2O4. The van der Waals surface area contributed by atoms with Crippen molar-refractivity contribution in [2.45, 2.75) is 32.7 Å². The first-order valence-electron chi connectivity index (χ1n) is 8.87.